The number of halogens is 2. The van der Waals surface area contributed by atoms with E-state index in [0.29, 0.717) is 16.7 Å². The maximum Gasteiger partial charge on any atom is 0.308 e. The van der Waals surface area contributed by atoms with Crippen molar-refractivity contribution in [1.82, 2.24) is 19.7 Å². The molecular formula is C19H19F2N5O2. The Morgan fingerprint density at radius 3 is 2.75 bits per heavy atom. The van der Waals surface area contributed by atoms with E-state index in [0.717, 1.165) is 31.9 Å². The van der Waals surface area contributed by atoms with Crippen LogP contribution in [0.4, 0.5) is 14.6 Å². The van der Waals surface area contributed by atoms with E-state index >= 15 is 0 Å². The summed E-state index contributed by atoms with van der Waals surface area (Å²) in [6.45, 7) is 0. The number of anilines is 1. The lowest BCUT2D eigenvalue weighted by atomic mass is 9.61. The smallest absolute Gasteiger partial charge is 0.308 e. The minimum absolute atomic E-state index is 0.0162. The highest BCUT2D eigenvalue weighted by Gasteiger charge is 2.47. The molecule has 2 bridgehead atoms. The number of carboxylic acids is 1. The third kappa shape index (κ3) is 2.64. The Hall–Kier alpha value is -2.97. The predicted octanol–water partition coefficient (Wildman–Crippen LogP) is 3.33. The molecule has 9 heteroatoms. The molecule has 3 aromatic heterocycles. The summed E-state index contributed by atoms with van der Waals surface area (Å²) >= 11 is 0. The van der Waals surface area contributed by atoms with Crippen molar-refractivity contribution in [2.75, 3.05) is 5.32 Å². The molecule has 0 aliphatic heterocycles. The highest BCUT2D eigenvalue weighted by atomic mass is 19.1. The van der Waals surface area contributed by atoms with Crippen LogP contribution in [0.3, 0.4) is 0 Å². The van der Waals surface area contributed by atoms with E-state index in [9.17, 15) is 18.7 Å². The van der Waals surface area contributed by atoms with Crippen molar-refractivity contribution in [3.05, 3.63) is 36.3 Å². The van der Waals surface area contributed by atoms with E-state index in [-0.39, 0.29) is 23.7 Å². The molecule has 0 amide bonds. The number of pyridine rings is 1. The molecular weight excluding hydrogens is 368 g/mol. The zero-order valence-corrected chi connectivity index (χ0v) is 14.9. The average Bonchev–Trinajstić information content (AvgIpc) is 3.25. The second-order valence-corrected chi connectivity index (χ2v) is 7.70. The number of aliphatic carboxylic acids is 1. The molecule has 1 unspecified atom stereocenters. The lowest BCUT2D eigenvalue weighted by molar-refractivity contribution is -0.148. The van der Waals surface area contributed by atoms with Gasteiger partial charge in [-0.2, -0.15) is 0 Å². The number of nitrogens with one attached hydrogen (secondary N) is 2. The van der Waals surface area contributed by atoms with E-state index in [4.69, 9.17) is 0 Å². The Balaban J connectivity index is 1.48. The number of carboxylic acid groups (broad SMARTS) is 1. The van der Waals surface area contributed by atoms with Crippen molar-refractivity contribution in [1.29, 1.82) is 0 Å². The lowest BCUT2D eigenvalue weighted by Gasteiger charge is -2.46. The molecule has 0 spiro atoms. The molecule has 3 heterocycles. The Morgan fingerprint density at radius 1 is 1.25 bits per heavy atom. The molecule has 146 valence electrons. The first-order valence-electron chi connectivity index (χ1n) is 9.39. The highest BCUT2D eigenvalue weighted by molar-refractivity contribution is 5.85. The quantitative estimate of drug-likeness (QED) is 0.638. The summed E-state index contributed by atoms with van der Waals surface area (Å²) < 4.78 is 29.5. The van der Waals surface area contributed by atoms with Gasteiger partial charge in [-0.3, -0.25) is 4.79 Å². The van der Waals surface area contributed by atoms with Gasteiger partial charge < -0.3 is 15.4 Å². The molecule has 3 N–H and O–H groups in total. The first-order chi connectivity index (χ1) is 13.5. The van der Waals surface area contributed by atoms with Crippen LogP contribution in [0, 0.1) is 29.4 Å². The first-order valence-corrected chi connectivity index (χ1v) is 9.39. The molecule has 6 rings (SSSR count). The fourth-order valence-electron chi connectivity index (χ4n) is 4.90. The largest absolute Gasteiger partial charge is 0.481 e. The van der Waals surface area contributed by atoms with Crippen molar-refractivity contribution >= 4 is 22.8 Å². The van der Waals surface area contributed by atoms with Crippen LogP contribution in [0.1, 0.15) is 25.7 Å². The third-order valence-corrected chi connectivity index (χ3v) is 6.20. The summed E-state index contributed by atoms with van der Waals surface area (Å²) in [5.74, 6) is -2.13. The van der Waals surface area contributed by atoms with Crippen LogP contribution in [0.15, 0.2) is 24.7 Å². The topological polar surface area (TPSA) is 95.8 Å². The van der Waals surface area contributed by atoms with Crippen molar-refractivity contribution in [3.8, 4) is 5.69 Å². The van der Waals surface area contributed by atoms with Gasteiger partial charge in [0.15, 0.2) is 11.6 Å². The molecule has 0 aromatic carbocycles. The van der Waals surface area contributed by atoms with Gasteiger partial charge in [-0.05, 0) is 43.6 Å². The first kappa shape index (κ1) is 17.2. The predicted molar refractivity (Wildman–Crippen MR) is 97.1 cm³/mol. The summed E-state index contributed by atoms with van der Waals surface area (Å²) in [4.78, 5) is 18.7. The summed E-state index contributed by atoms with van der Waals surface area (Å²) in [5, 5.41) is 17.5. The van der Waals surface area contributed by atoms with Gasteiger partial charge in [0.25, 0.3) is 0 Å². The Bertz CT molecular complexity index is 1050. The molecule has 3 aliphatic rings. The van der Waals surface area contributed by atoms with Gasteiger partial charge in [-0.1, -0.05) is 0 Å². The number of aromatic amines is 1. The zero-order valence-electron chi connectivity index (χ0n) is 14.9. The van der Waals surface area contributed by atoms with Crippen LogP contribution in [0.25, 0.3) is 16.7 Å². The van der Waals surface area contributed by atoms with Crippen LogP contribution in [-0.4, -0.2) is 36.9 Å². The maximum absolute atomic E-state index is 14.6. The number of aromatic nitrogens is 4. The van der Waals surface area contributed by atoms with E-state index in [2.05, 4.69) is 20.4 Å². The van der Waals surface area contributed by atoms with Crippen LogP contribution >= 0.6 is 0 Å². The van der Waals surface area contributed by atoms with E-state index < -0.39 is 23.5 Å². The molecule has 2 atom stereocenters. The van der Waals surface area contributed by atoms with Crippen LogP contribution in [-0.2, 0) is 4.79 Å². The van der Waals surface area contributed by atoms with Gasteiger partial charge in [-0.25, -0.2) is 18.4 Å². The Kier molecular flexibility index (Phi) is 3.85. The number of fused-ring (bicyclic) bond motifs is 4. The standard InChI is InChI=1S/C19H19F2N5O2/c20-11-5-12-14(7-23-17(12)22-6-11)26-8-13(21)18(25-26)24-16-10-3-1-9(2-4-10)15(16)19(27)28/h5-10,15-16H,1-4H2,(H,22,23)(H,24,25)(H,27,28)/t9-,10+,15-,16?/m0/s1. The van der Waals surface area contributed by atoms with Gasteiger partial charge in [0.05, 0.1) is 24.0 Å². The summed E-state index contributed by atoms with van der Waals surface area (Å²) in [7, 11) is 0. The normalized spacial score (nSPS) is 26.6. The molecule has 3 aromatic rings. The second-order valence-electron chi connectivity index (χ2n) is 7.70. The Labute approximate surface area is 158 Å². The monoisotopic (exact) mass is 387 g/mol. The minimum atomic E-state index is -0.843. The van der Waals surface area contributed by atoms with E-state index in [1.165, 1.54) is 16.9 Å². The number of nitrogens with zero attached hydrogens (tertiary/aromatic N) is 3. The zero-order chi connectivity index (χ0) is 19.4. The van der Waals surface area contributed by atoms with Crippen molar-refractivity contribution < 1.29 is 18.7 Å². The van der Waals surface area contributed by atoms with Crippen molar-refractivity contribution in [3.63, 3.8) is 0 Å². The maximum atomic E-state index is 14.6. The number of hydrogen-bond acceptors (Lipinski definition) is 4. The molecule has 0 radical (unpaired) electrons. The molecule has 7 nitrogen and oxygen atoms in total. The third-order valence-electron chi connectivity index (χ3n) is 6.20. The number of carbonyl (C=O) groups is 1. The van der Waals surface area contributed by atoms with Crippen LogP contribution in [0.2, 0.25) is 0 Å². The fraction of sp³-hybridized carbons (Fsp3) is 0.421. The minimum Gasteiger partial charge on any atom is -0.481 e. The summed E-state index contributed by atoms with van der Waals surface area (Å²) in [5.41, 5.74) is 0.936. The van der Waals surface area contributed by atoms with Gasteiger partial charge in [0, 0.05) is 17.6 Å². The SMILES string of the molecule is O=C(O)[C@@H]1C(Nc2nn(-c3c[nH]c4ncc(F)cc34)cc2F)[C@H]2CC[C@@H]1CC2. The average molecular weight is 387 g/mol. The highest BCUT2D eigenvalue weighted by Crippen LogP contribution is 2.46. The van der Waals surface area contributed by atoms with Crippen LogP contribution in [0.5, 0.6) is 0 Å². The van der Waals surface area contributed by atoms with Crippen molar-refractivity contribution in [2.45, 2.75) is 31.7 Å². The summed E-state index contributed by atoms with van der Waals surface area (Å²) in [6.07, 6.45) is 7.59. The number of rotatable bonds is 4. The fourth-order valence-corrected chi connectivity index (χ4v) is 4.90. The van der Waals surface area contributed by atoms with E-state index in [1.807, 2.05) is 0 Å². The Morgan fingerprint density at radius 2 is 2.00 bits per heavy atom. The van der Waals surface area contributed by atoms with Gasteiger partial charge >= 0.3 is 5.97 Å². The van der Waals surface area contributed by atoms with Gasteiger partial charge in [0.1, 0.15) is 11.5 Å². The van der Waals surface area contributed by atoms with Gasteiger partial charge in [-0.15, -0.1) is 5.10 Å². The molecule has 3 saturated carbocycles. The molecule has 28 heavy (non-hydrogen) atoms. The van der Waals surface area contributed by atoms with Gasteiger partial charge in [0.2, 0.25) is 0 Å². The number of hydrogen-bond donors (Lipinski definition) is 3. The molecule has 3 aliphatic carbocycles. The lowest BCUT2D eigenvalue weighted by Crippen LogP contribution is -2.51. The van der Waals surface area contributed by atoms with Crippen molar-refractivity contribution in [2.24, 2.45) is 17.8 Å². The molecule has 0 saturated heterocycles. The summed E-state index contributed by atoms with van der Waals surface area (Å²) in [6, 6.07) is 0.964. The molecule has 3 fully saturated rings. The van der Waals surface area contributed by atoms with Crippen LogP contribution < -0.4 is 5.32 Å². The number of H-pyrrole nitrogens is 1. The second kappa shape index (κ2) is 6.29. The van der Waals surface area contributed by atoms with E-state index in [1.54, 1.807) is 6.20 Å².